The molecule has 0 bridgehead atoms. The Morgan fingerprint density at radius 2 is 1.94 bits per heavy atom. The van der Waals surface area contributed by atoms with E-state index in [1.807, 2.05) is 26.2 Å². The molecule has 3 N–H and O–H groups in total. The van der Waals surface area contributed by atoms with Crippen LogP contribution in [0.3, 0.4) is 0 Å². The molecule has 2 atom stereocenters. The van der Waals surface area contributed by atoms with Crippen molar-refractivity contribution in [3.05, 3.63) is 58.1 Å². The van der Waals surface area contributed by atoms with Crippen molar-refractivity contribution in [2.45, 2.75) is 63.4 Å². The first-order valence-corrected chi connectivity index (χ1v) is 11.7. The lowest BCUT2D eigenvalue weighted by Gasteiger charge is -2.54. The van der Waals surface area contributed by atoms with Crippen molar-refractivity contribution < 1.29 is 4.74 Å². The molecule has 2 aliphatic carbocycles. The van der Waals surface area contributed by atoms with Gasteiger partial charge in [0, 0.05) is 23.3 Å². The molecule has 5 rings (SSSR count). The minimum absolute atomic E-state index is 0.00911. The number of hydrogen-bond acceptors (Lipinski definition) is 5. The molecule has 6 heteroatoms. The minimum Gasteiger partial charge on any atom is -0.381 e. The van der Waals surface area contributed by atoms with Gasteiger partial charge in [0.1, 0.15) is 5.66 Å². The summed E-state index contributed by atoms with van der Waals surface area (Å²) in [7, 11) is 1.81. The largest absolute Gasteiger partial charge is 0.381 e. The molecule has 5 nitrogen and oxygen atoms in total. The average Bonchev–Trinajstić information content (AvgIpc) is 3.12. The molecule has 0 amide bonds. The molecule has 1 heterocycles. The Kier molecular flexibility index (Phi) is 5.38. The highest BCUT2D eigenvalue weighted by Gasteiger charge is 2.58. The van der Waals surface area contributed by atoms with Gasteiger partial charge in [-0.1, -0.05) is 23.7 Å². The van der Waals surface area contributed by atoms with E-state index in [1.54, 1.807) is 6.07 Å². The second-order valence-electron chi connectivity index (χ2n) is 9.51. The van der Waals surface area contributed by atoms with E-state index in [2.05, 4.69) is 29.6 Å². The number of rotatable bonds is 2. The molecule has 166 valence electrons. The van der Waals surface area contributed by atoms with E-state index in [9.17, 15) is 5.26 Å². The Balaban J connectivity index is 1.66. The number of ether oxygens (including phenoxy) is 1. The number of fused-ring (bicyclic) bond motifs is 3. The molecule has 0 radical (unpaired) electrons. The normalized spacial score (nSPS) is 31.4. The zero-order chi connectivity index (χ0) is 22.5. The van der Waals surface area contributed by atoms with Crippen LogP contribution in [0.4, 0.5) is 0 Å². The monoisotopic (exact) mass is 448 g/mol. The van der Waals surface area contributed by atoms with Crippen molar-refractivity contribution in [1.82, 2.24) is 5.32 Å². The van der Waals surface area contributed by atoms with E-state index in [4.69, 9.17) is 27.1 Å². The highest BCUT2D eigenvalue weighted by atomic mass is 35.5. The van der Waals surface area contributed by atoms with Gasteiger partial charge in [-0.25, -0.2) is 0 Å². The van der Waals surface area contributed by atoms with E-state index in [0.717, 1.165) is 55.4 Å². The lowest BCUT2D eigenvalue weighted by molar-refractivity contribution is -0.0314. The number of methoxy groups -OCH3 is 1. The highest BCUT2D eigenvalue weighted by Crippen LogP contribution is 2.58. The van der Waals surface area contributed by atoms with Gasteiger partial charge in [0.2, 0.25) is 0 Å². The number of benzene rings is 2. The molecule has 1 fully saturated rings. The van der Waals surface area contributed by atoms with Gasteiger partial charge < -0.3 is 10.5 Å². The van der Waals surface area contributed by atoms with Crippen molar-refractivity contribution in [3.63, 3.8) is 0 Å². The Morgan fingerprint density at radius 1 is 1.16 bits per heavy atom. The van der Waals surface area contributed by atoms with E-state index in [0.29, 0.717) is 16.7 Å². The number of nitriles is 1. The van der Waals surface area contributed by atoms with Crippen molar-refractivity contribution in [1.29, 1.82) is 5.26 Å². The van der Waals surface area contributed by atoms with E-state index in [1.165, 1.54) is 11.1 Å². The molecule has 2 unspecified atom stereocenters. The van der Waals surface area contributed by atoms with Crippen molar-refractivity contribution in [3.8, 4) is 17.2 Å². The first kappa shape index (κ1) is 21.6. The molecular formula is C26H29ClN4O. The van der Waals surface area contributed by atoms with Crippen LogP contribution in [0, 0.1) is 16.7 Å². The predicted molar refractivity (Wildman–Crippen MR) is 128 cm³/mol. The number of nitrogens with two attached hydrogens (primary N) is 1. The third-order valence-corrected chi connectivity index (χ3v) is 8.10. The van der Waals surface area contributed by atoms with Gasteiger partial charge in [0.15, 0.2) is 0 Å². The Morgan fingerprint density at radius 3 is 2.59 bits per heavy atom. The van der Waals surface area contributed by atoms with Gasteiger partial charge >= 0.3 is 0 Å². The fourth-order valence-corrected chi connectivity index (χ4v) is 6.30. The summed E-state index contributed by atoms with van der Waals surface area (Å²) in [6.45, 7) is 2.02. The van der Waals surface area contributed by atoms with Gasteiger partial charge in [-0.15, -0.1) is 0 Å². The second kappa shape index (κ2) is 7.97. The molecular weight excluding hydrogens is 420 g/mol. The number of aryl methyl sites for hydroxylation is 1. The van der Waals surface area contributed by atoms with Gasteiger partial charge in [0.05, 0.1) is 23.9 Å². The number of hydrogen-bond donors (Lipinski definition) is 2. The molecule has 2 spiro atoms. The minimum atomic E-state index is -0.532. The van der Waals surface area contributed by atoms with E-state index < -0.39 is 5.66 Å². The summed E-state index contributed by atoms with van der Waals surface area (Å²) in [5.41, 5.74) is 12.0. The lowest BCUT2D eigenvalue weighted by atomic mass is 9.57. The van der Waals surface area contributed by atoms with Crippen LogP contribution in [0.15, 0.2) is 41.4 Å². The molecule has 3 aliphatic rings. The Labute approximate surface area is 194 Å². The average molecular weight is 449 g/mol. The van der Waals surface area contributed by atoms with E-state index in [-0.39, 0.29) is 11.6 Å². The van der Waals surface area contributed by atoms with Crippen LogP contribution in [0.1, 0.15) is 55.7 Å². The van der Waals surface area contributed by atoms with Gasteiger partial charge in [0.25, 0.3) is 0 Å². The molecule has 32 heavy (non-hydrogen) atoms. The summed E-state index contributed by atoms with van der Waals surface area (Å²) < 4.78 is 5.68. The predicted octanol–water partition coefficient (Wildman–Crippen LogP) is 4.90. The van der Waals surface area contributed by atoms with Crippen LogP contribution >= 0.6 is 11.6 Å². The Hall–Kier alpha value is -2.23. The number of halogens is 1. The van der Waals surface area contributed by atoms with Gasteiger partial charge in [-0.3, -0.25) is 10.3 Å². The Bertz CT molecular complexity index is 1130. The van der Waals surface area contributed by atoms with Crippen molar-refractivity contribution in [2.75, 3.05) is 7.11 Å². The number of nitrogens with one attached hydrogen (secondary N) is 1. The van der Waals surface area contributed by atoms with Crippen LogP contribution in [0.25, 0.3) is 11.1 Å². The maximum absolute atomic E-state index is 9.40. The van der Waals surface area contributed by atoms with Crippen LogP contribution in [0.2, 0.25) is 5.02 Å². The quantitative estimate of drug-likeness (QED) is 0.684. The lowest BCUT2D eigenvalue weighted by Crippen LogP contribution is -2.59. The van der Waals surface area contributed by atoms with Crippen LogP contribution in [-0.2, 0) is 16.8 Å². The summed E-state index contributed by atoms with van der Waals surface area (Å²) in [4.78, 5) is 5.28. The zero-order valence-electron chi connectivity index (χ0n) is 18.6. The fraction of sp³-hybridized carbons (Fsp3) is 0.462. The molecule has 2 aromatic carbocycles. The van der Waals surface area contributed by atoms with Gasteiger partial charge in [-0.05, 0) is 92.0 Å². The fourth-order valence-electron chi connectivity index (χ4n) is 6.07. The van der Waals surface area contributed by atoms with Crippen LogP contribution < -0.4 is 11.1 Å². The SMILES string of the molecule is COC1CCC2(CCc3ccc(-c4cc(Cl)cc(C#N)c4)cc3C23N=C(C)C(N)N3)CC1. The summed E-state index contributed by atoms with van der Waals surface area (Å²) in [6, 6.07) is 14.3. The van der Waals surface area contributed by atoms with E-state index >= 15 is 0 Å². The first-order chi connectivity index (χ1) is 15.4. The zero-order valence-corrected chi connectivity index (χ0v) is 19.4. The molecule has 0 saturated heterocycles. The van der Waals surface area contributed by atoms with Crippen LogP contribution in [-0.4, -0.2) is 25.1 Å². The topological polar surface area (TPSA) is 83.4 Å². The van der Waals surface area contributed by atoms with Crippen LogP contribution in [0.5, 0.6) is 0 Å². The highest BCUT2D eigenvalue weighted by molar-refractivity contribution is 6.31. The third-order valence-electron chi connectivity index (χ3n) is 7.88. The summed E-state index contributed by atoms with van der Waals surface area (Å²) in [5, 5.41) is 13.7. The third kappa shape index (κ3) is 3.29. The first-order valence-electron chi connectivity index (χ1n) is 11.4. The number of nitrogens with zero attached hydrogens (tertiary/aromatic N) is 2. The summed E-state index contributed by atoms with van der Waals surface area (Å²) in [5.74, 6) is 0. The van der Waals surface area contributed by atoms with Gasteiger partial charge in [-0.2, -0.15) is 5.26 Å². The standard InChI is InChI=1S/C26H29ClN4O/c1-16-24(29)31-26(30-16)23-14-19(20-11-17(15-28)12-21(27)13-20)4-3-18(23)5-8-25(26)9-6-22(32-2)7-10-25/h3-4,11-14,22,24,31H,5-10,29H2,1-2H3. The molecule has 2 aromatic rings. The maximum Gasteiger partial charge on any atom is 0.143 e. The molecule has 1 saturated carbocycles. The summed E-state index contributed by atoms with van der Waals surface area (Å²) >= 11 is 6.31. The second-order valence-corrected chi connectivity index (χ2v) is 9.95. The van der Waals surface area contributed by atoms with Crippen molar-refractivity contribution in [2.24, 2.45) is 16.1 Å². The maximum atomic E-state index is 9.40. The smallest absolute Gasteiger partial charge is 0.143 e. The molecule has 0 aromatic heterocycles. The van der Waals surface area contributed by atoms with Crippen molar-refractivity contribution >= 4 is 17.3 Å². The summed E-state index contributed by atoms with van der Waals surface area (Å²) in [6.07, 6.45) is 6.38. The number of aliphatic imine (C=N–C) groups is 1. The molecule has 1 aliphatic heterocycles.